The van der Waals surface area contributed by atoms with Gasteiger partial charge in [-0.05, 0) is 30.0 Å². The SMILES string of the molecule is Cc1c(C(C)C)ccc(C#N)c1C(F)(F)F. The Balaban J connectivity index is 3.55. The highest BCUT2D eigenvalue weighted by Gasteiger charge is 2.36. The fraction of sp³-hybridized carbons (Fsp3) is 0.417. The summed E-state index contributed by atoms with van der Waals surface area (Å²) in [7, 11) is 0. The maximum atomic E-state index is 12.8. The van der Waals surface area contributed by atoms with Gasteiger partial charge in [0.25, 0.3) is 0 Å². The van der Waals surface area contributed by atoms with E-state index in [1.165, 1.54) is 13.0 Å². The third-order valence-corrected chi connectivity index (χ3v) is 2.53. The molecule has 0 saturated heterocycles. The number of alkyl halides is 3. The predicted octanol–water partition coefficient (Wildman–Crippen LogP) is 4.01. The number of nitrogens with zero attached hydrogens (tertiary/aromatic N) is 1. The Morgan fingerprint density at radius 2 is 1.81 bits per heavy atom. The summed E-state index contributed by atoms with van der Waals surface area (Å²) in [5, 5.41) is 8.69. The summed E-state index contributed by atoms with van der Waals surface area (Å²) in [5.74, 6) is 0.00819. The van der Waals surface area contributed by atoms with Gasteiger partial charge in [-0.25, -0.2) is 0 Å². The molecule has 0 bridgehead atoms. The van der Waals surface area contributed by atoms with Gasteiger partial charge in [-0.1, -0.05) is 19.9 Å². The second-order valence-electron chi connectivity index (χ2n) is 3.97. The first-order chi connectivity index (χ1) is 7.29. The van der Waals surface area contributed by atoms with Crippen LogP contribution in [0.2, 0.25) is 0 Å². The van der Waals surface area contributed by atoms with Crippen molar-refractivity contribution < 1.29 is 13.2 Å². The van der Waals surface area contributed by atoms with Gasteiger partial charge in [0.2, 0.25) is 0 Å². The molecule has 0 aliphatic carbocycles. The van der Waals surface area contributed by atoms with E-state index in [1.54, 1.807) is 12.1 Å². The van der Waals surface area contributed by atoms with E-state index in [-0.39, 0.29) is 17.0 Å². The molecule has 1 rings (SSSR count). The zero-order chi connectivity index (χ0) is 12.5. The average Bonchev–Trinajstić information content (AvgIpc) is 2.14. The van der Waals surface area contributed by atoms with Gasteiger partial charge < -0.3 is 0 Å². The monoisotopic (exact) mass is 227 g/mol. The van der Waals surface area contributed by atoms with Crippen LogP contribution in [0.15, 0.2) is 12.1 Å². The van der Waals surface area contributed by atoms with E-state index in [0.29, 0.717) is 5.56 Å². The third kappa shape index (κ3) is 2.19. The van der Waals surface area contributed by atoms with Gasteiger partial charge >= 0.3 is 6.18 Å². The molecule has 0 aliphatic rings. The van der Waals surface area contributed by atoms with Crippen LogP contribution >= 0.6 is 0 Å². The molecule has 0 spiro atoms. The fourth-order valence-corrected chi connectivity index (χ4v) is 1.81. The number of rotatable bonds is 1. The molecule has 0 atom stereocenters. The van der Waals surface area contributed by atoms with Crippen molar-refractivity contribution in [1.29, 1.82) is 5.26 Å². The lowest BCUT2D eigenvalue weighted by atomic mass is 9.91. The zero-order valence-electron chi connectivity index (χ0n) is 9.31. The largest absolute Gasteiger partial charge is 0.417 e. The van der Waals surface area contributed by atoms with Gasteiger partial charge in [0.15, 0.2) is 0 Å². The highest BCUT2D eigenvalue weighted by Crippen LogP contribution is 2.37. The van der Waals surface area contributed by atoms with Crippen molar-refractivity contribution in [3.63, 3.8) is 0 Å². The minimum Gasteiger partial charge on any atom is -0.192 e. The van der Waals surface area contributed by atoms with Gasteiger partial charge in [-0.2, -0.15) is 18.4 Å². The minimum atomic E-state index is -4.47. The Kier molecular flexibility index (Phi) is 3.27. The first kappa shape index (κ1) is 12.6. The van der Waals surface area contributed by atoms with E-state index < -0.39 is 11.7 Å². The second kappa shape index (κ2) is 4.17. The van der Waals surface area contributed by atoms with Gasteiger partial charge in [-0.3, -0.25) is 0 Å². The summed E-state index contributed by atoms with van der Waals surface area (Å²) in [6.45, 7) is 5.07. The minimum absolute atomic E-state index is 0.00819. The van der Waals surface area contributed by atoms with E-state index in [4.69, 9.17) is 5.26 Å². The third-order valence-electron chi connectivity index (χ3n) is 2.53. The van der Waals surface area contributed by atoms with E-state index in [2.05, 4.69) is 0 Å². The van der Waals surface area contributed by atoms with E-state index >= 15 is 0 Å². The number of halogens is 3. The Hall–Kier alpha value is -1.50. The van der Waals surface area contributed by atoms with Crippen molar-refractivity contribution in [2.75, 3.05) is 0 Å². The summed E-state index contributed by atoms with van der Waals surface area (Å²) in [6.07, 6.45) is -4.47. The van der Waals surface area contributed by atoms with Crippen molar-refractivity contribution in [2.45, 2.75) is 32.9 Å². The standard InChI is InChI=1S/C12H12F3N/c1-7(2)10-5-4-9(6-16)11(8(10)3)12(13,14)15/h4-5,7H,1-3H3. The molecule has 86 valence electrons. The highest BCUT2D eigenvalue weighted by atomic mass is 19.4. The summed E-state index contributed by atoms with van der Waals surface area (Å²) in [6, 6.07) is 4.42. The molecule has 0 fully saturated rings. The summed E-state index contributed by atoms with van der Waals surface area (Å²) in [4.78, 5) is 0. The van der Waals surface area contributed by atoms with Crippen LogP contribution in [0.1, 0.15) is 42.0 Å². The summed E-state index contributed by atoms with van der Waals surface area (Å²) < 4.78 is 38.4. The van der Waals surface area contributed by atoms with Crippen LogP contribution in [0, 0.1) is 18.3 Å². The average molecular weight is 227 g/mol. The first-order valence-corrected chi connectivity index (χ1v) is 4.89. The van der Waals surface area contributed by atoms with Crippen molar-refractivity contribution in [2.24, 2.45) is 0 Å². The molecule has 0 amide bonds. The molecule has 0 heterocycles. The quantitative estimate of drug-likeness (QED) is 0.711. The van der Waals surface area contributed by atoms with Crippen LogP contribution < -0.4 is 0 Å². The van der Waals surface area contributed by atoms with Crippen molar-refractivity contribution in [1.82, 2.24) is 0 Å². The van der Waals surface area contributed by atoms with Gasteiger partial charge in [0.05, 0.1) is 17.2 Å². The molecule has 4 heteroatoms. The maximum absolute atomic E-state index is 12.8. The number of nitriles is 1. The molecule has 1 nitrogen and oxygen atoms in total. The molecule has 1 aromatic rings. The molecule has 0 aliphatic heterocycles. The lowest BCUT2D eigenvalue weighted by molar-refractivity contribution is -0.138. The van der Waals surface area contributed by atoms with Crippen molar-refractivity contribution in [3.05, 3.63) is 34.4 Å². The number of hydrogen-bond acceptors (Lipinski definition) is 1. The molecule has 0 unspecified atom stereocenters. The Labute approximate surface area is 92.5 Å². The molecule has 16 heavy (non-hydrogen) atoms. The fourth-order valence-electron chi connectivity index (χ4n) is 1.81. The lowest BCUT2D eigenvalue weighted by Gasteiger charge is -2.17. The molecule has 1 aromatic carbocycles. The molecule has 0 radical (unpaired) electrons. The lowest BCUT2D eigenvalue weighted by Crippen LogP contribution is -2.12. The van der Waals surface area contributed by atoms with Gasteiger partial charge in [0.1, 0.15) is 0 Å². The van der Waals surface area contributed by atoms with Crippen LogP contribution in [0.3, 0.4) is 0 Å². The molecule has 0 saturated carbocycles. The Morgan fingerprint density at radius 1 is 1.25 bits per heavy atom. The van der Waals surface area contributed by atoms with Crippen LogP contribution in [-0.2, 0) is 6.18 Å². The van der Waals surface area contributed by atoms with Crippen LogP contribution in [0.25, 0.3) is 0 Å². The predicted molar refractivity (Wildman–Crippen MR) is 55.0 cm³/mol. The van der Waals surface area contributed by atoms with E-state index in [0.717, 1.165) is 0 Å². The normalized spacial score (nSPS) is 11.6. The van der Waals surface area contributed by atoms with Crippen molar-refractivity contribution >= 4 is 0 Å². The first-order valence-electron chi connectivity index (χ1n) is 4.89. The second-order valence-corrected chi connectivity index (χ2v) is 3.97. The van der Waals surface area contributed by atoms with E-state index in [9.17, 15) is 13.2 Å². The zero-order valence-corrected chi connectivity index (χ0v) is 9.31. The molecule has 0 aromatic heterocycles. The Bertz CT molecular complexity index is 439. The van der Waals surface area contributed by atoms with Crippen LogP contribution in [-0.4, -0.2) is 0 Å². The molecular weight excluding hydrogens is 215 g/mol. The van der Waals surface area contributed by atoms with Crippen molar-refractivity contribution in [3.8, 4) is 6.07 Å². The molecular formula is C12H12F3N. The number of benzene rings is 1. The van der Waals surface area contributed by atoms with Crippen LogP contribution in [0.4, 0.5) is 13.2 Å². The Morgan fingerprint density at radius 3 is 2.19 bits per heavy atom. The smallest absolute Gasteiger partial charge is 0.192 e. The topological polar surface area (TPSA) is 23.8 Å². The van der Waals surface area contributed by atoms with Gasteiger partial charge in [0, 0.05) is 0 Å². The number of hydrogen-bond donors (Lipinski definition) is 0. The highest BCUT2D eigenvalue weighted by molar-refractivity contribution is 5.48. The van der Waals surface area contributed by atoms with Crippen LogP contribution in [0.5, 0.6) is 0 Å². The van der Waals surface area contributed by atoms with E-state index in [1.807, 2.05) is 13.8 Å². The summed E-state index contributed by atoms with van der Waals surface area (Å²) >= 11 is 0. The molecule has 0 N–H and O–H groups in total. The maximum Gasteiger partial charge on any atom is 0.417 e. The summed E-state index contributed by atoms with van der Waals surface area (Å²) in [5.41, 5.74) is -0.330. The van der Waals surface area contributed by atoms with Gasteiger partial charge in [-0.15, -0.1) is 0 Å².